The Kier molecular flexibility index (Phi) is 4.68. The van der Waals surface area contributed by atoms with Gasteiger partial charge in [-0.25, -0.2) is 4.39 Å². The van der Waals surface area contributed by atoms with Crippen molar-refractivity contribution in [1.29, 1.82) is 0 Å². The predicted molar refractivity (Wildman–Crippen MR) is 31.1 cm³/mol. The Hall–Kier alpha value is 0.320. The van der Waals surface area contributed by atoms with E-state index in [0.717, 1.165) is 0 Å². The van der Waals surface area contributed by atoms with Gasteiger partial charge in [-0.05, 0) is 6.92 Å². The zero-order chi connectivity index (χ0) is 5.70. The van der Waals surface area contributed by atoms with Crippen LogP contribution in [-0.2, 0) is 4.74 Å². The first-order chi connectivity index (χ1) is 3.31. The molecule has 0 radical (unpaired) electrons. The summed E-state index contributed by atoms with van der Waals surface area (Å²) >= 11 is 0. The summed E-state index contributed by atoms with van der Waals surface area (Å²) in [5, 5.41) is 0. The minimum Gasteiger partial charge on any atom is -0.372 e. The Labute approximate surface area is 45.4 Å². The third-order valence-electron chi connectivity index (χ3n) is 0.598. The van der Waals surface area contributed by atoms with Crippen molar-refractivity contribution in [3.05, 3.63) is 0 Å². The van der Waals surface area contributed by atoms with Gasteiger partial charge in [0.05, 0.1) is 12.5 Å². The lowest BCUT2D eigenvalue weighted by Crippen LogP contribution is -2.07. The summed E-state index contributed by atoms with van der Waals surface area (Å²) in [5.41, 5.74) is 0. The summed E-state index contributed by atoms with van der Waals surface area (Å²) in [4.78, 5) is 0. The second-order valence-corrected chi connectivity index (χ2v) is 1.63. The number of halogens is 1. The quantitative estimate of drug-likeness (QED) is 0.513. The molecule has 0 aromatic carbocycles. The lowest BCUT2D eigenvalue weighted by molar-refractivity contribution is 0.0825. The summed E-state index contributed by atoms with van der Waals surface area (Å²) in [7, 11) is 2.36. The maximum atomic E-state index is 11.4. The maximum Gasteiger partial charge on any atom is 0.115 e. The second kappa shape index (κ2) is 4.48. The van der Waals surface area contributed by atoms with Crippen LogP contribution < -0.4 is 0 Å². The Balaban J connectivity index is 2.83. The van der Waals surface area contributed by atoms with Crippen LogP contribution in [0.2, 0.25) is 0 Å². The van der Waals surface area contributed by atoms with Gasteiger partial charge in [0.2, 0.25) is 0 Å². The van der Waals surface area contributed by atoms with E-state index in [0.29, 0.717) is 6.35 Å². The van der Waals surface area contributed by atoms with Crippen LogP contribution in [0.25, 0.3) is 0 Å². The molecular formula is C4H10FOP. The van der Waals surface area contributed by atoms with Gasteiger partial charge >= 0.3 is 0 Å². The first kappa shape index (κ1) is 7.32. The first-order valence-electron chi connectivity index (χ1n) is 2.19. The summed E-state index contributed by atoms with van der Waals surface area (Å²) < 4.78 is 16.2. The van der Waals surface area contributed by atoms with Crippen LogP contribution >= 0.6 is 9.24 Å². The van der Waals surface area contributed by atoms with Crippen molar-refractivity contribution in [2.24, 2.45) is 0 Å². The topological polar surface area (TPSA) is 9.23 Å². The molecule has 2 unspecified atom stereocenters. The summed E-state index contributed by atoms with van der Waals surface area (Å²) in [5.74, 6) is 0. The highest BCUT2D eigenvalue weighted by molar-refractivity contribution is 7.16. The van der Waals surface area contributed by atoms with Crippen LogP contribution in [0.4, 0.5) is 4.39 Å². The van der Waals surface area contributed by atoms with E-state index in [2.05, 4.69) is 9.24 Å². The Morgan fingerprint density at radius 2 is 2.43 bits per heavy atom. The SMILES string of the molecule is CC(CF)OCP. The molecule has 2 atom stereocenters. The smallest absolute Gasteiger partial charge is 0.115 e. The summed E-state index contributed by atoms with van der Waals surface area (Å²) in [6, 6.07) is 0. The molecule has 0 saturated heterocycles. The number of ether oxygens (including phenoxy) is 1. The fourth-order valence-corrected chi connectivity index (χ4v) is 0.537. The average molecular weight is 124 g/mol. The number of rotatable bonds is 3. The molecule has 0 heterocycles. The molecule has 0 aromatic heterocycles. The minimum absolute atomic E-state index is 0.238. The molecule has 0 spiro atoms. The van der Waals surface area contributed by atoms with Gasteiger partial charge in [-0.3, -0.25) is 0 Å². The van der Waals surface area contributed by atoms with Gasteiger partial charge in [-0.1, -0.05) is 0 Å². The van der Waals surface area contributed by atoms with Crippen LogP contribution in [0.3, 0.4) is 0 Å². The highest BCUT2D eigenvalue weighted by Gasteiger charge is 1.95. The highest BCUT2D eigenvalue weighted by atomic mass is 31.0. The molecule has 0 N–H and O–H groups in total. The van der Waals surface area contributed by atoms with Crippen LogP contribution in [0.15, 0.2) is 0 Å². The summed E-state index contributed by atoms with van der Waals surface area (Å²) in [6.45, 7) is 1.30. The highest BCUT2D eigenvalue weighted by Crippen LogP contribution is 1.92. The molecular weight excluding hydrogens is 114 g/mol. The van der Waals surface area contributed by atoms with E-state index in [9.17, 15) is 4.39 Å². The molecule has 0 aromatic rings. The standard InChI is InChI=1S/C4H10FOP/c1-4(2-5)6-3-7/h4H,2-3,7H2,1H3. The largest absolute Gasteiger partial charge is 0.372 e. The van der Waals surface area contributed by atoms with Gasteiger partial charge in [0.15, 0.2) is 0 Å². The molecule has 0 rings (SSSR count). The molecule has 0 aliphatic rings. The molecule has 3 heteroatoms. The molecule has 0 aliphatic carbocycles. The lowest BCUT2D eigenvalue weighted by atomic mass is 10.5. The van der Waals surface area contributed by atoms with E-state index >= 15 is 0 Å². The zero-order valence-corrected chi connectivity index (χ0v) is 5.51. The van der Waals surface area contributed by atoms with Gasteiger partial charge in [0.1, 0.15) is 6.67 Å². The molecule has 0 fully saturated rings. The van der Waals surface area contributed by atoms with Gasteiger partial charge < -0.3 is 4.74 Å². The summed E-state index contributed by atoms with van der Waals surface area (Å²) in [6.07, 6.45) is 0.281. The normalized spacial score (nSPS) is 14.1. The number of hydrogen-bond donors (Lipinski definition) is 0. The molecule has 0 bridgehead atoms. The van der Waals surface area contributed by atoms with Crippen molar-refractivity contribution in [2.45, 2.75) is 13.0 Å². The van der Waals surface area contributed by atoms with Crippen molar-refractivity contribution in [3.8, 4) is 0 Å². The van der Waals surface area contributed by atoms with E-state index in [1.54, 1.807) is 6.92 Å². The fourth-order valence-electron chi connectivity index (χ4n) is 0.209. The first-order valence-corrected chi connectivity index (χ1v) is 3.00. The Morgan fingerprint density at radius 1 is 1.86 bits per heavy atom. The third kappa shape index (κ3) is 4.17. The van der Waals surface area contributed by atoms with E-state index in [4.69, 9.17) is 4.74 Å². The molecule has 0 saturated carbocycles. The van der Waals surface area contributed by atoms with Crippen LogP contribution in [0, 0.1) is 0 Å². The molecule has 44 valence electrons. The maximum absolute atomic E-state index is 11.4. The second-order valence-electron chi connectivity index (χ2n) is 1.30. The van der Waals surface area contributed by atoms with Gasteiger partial charge in [-0.15, -0.1) is 9.24 Å². The molecule has 0 amide bonds. The van der Waals surface area contributed by atoms with E-state index < -0.39 is 6.67 Å². The minimum atomic E-state index is -0.394. The van der Waals surface area contributed by atoms with Crippen LogP contribution in [-0.4, -0.2) is 19.1 Å². The van der Waals surface area contributed by atoms with E-state index in [1.807, 2.05) is 0 Å². The number of alkyl halides is 1. The number of hydrogen-bond acceptors (Lipinski definition) is 1. The van der Waals surface area contributed by atoms with Crippen molar-refractivity contribution >= 4 is 9.24 Å². The van der Waals surface area contributed by atoms with E-state index in [-0.39, 0.29) is 6.10 Å². The Bertz CT molecular complexity index is 42.7. The fraction of sp³-hybridized carbons (Fsp3) is 1.00. The van der Waals surface area contributed by atoms with Crippen LogP contribution in [0.1, 0.15) is 6.92 Å². The van der Waals surface area contributed by atoms with Crippen molar-refractivity contribution in [1.82, 2.24) is 0 Å². The third-order valence-corrected chi connectivity index (χ3v) is 0.790. The zero-order valence-electron chi connectivity index (χ0n) is 4.36. The van der Waals surface area contributed by atoms with Crippen LogP contribution in [0.5, 0.6) is 0 Å². The van der Waals surface area contributed by atoms with Gasteiger partial charge in [-0.2, -0.15) is 0 Å². The van der Waals surface area contributed by atoms with E-state index in [1.165, 1.54) is 0 Å². The van der Waals surface area contributed by atoms with Crippen molar-refractivity contribution in [2.75, 3.05) is 13.0 Å². The molecule has 1 nitrogen and oxygen atoms in total. The predicted octanol–water partition coefficient (Wildman–Crippen LogP) is 1.19. The molecule has 7 heavy (non-hydrogen) atoms. The van der Waals surface area contributed by atoms with Crippen molar-refractivity contribution < 1.29 is 9.13 Å². The lowest BCUT2D eigenvalue weighted by Gasteiger charge is -2.03. The van der Waals surface area contributed by atoms with Gasteiger partial charge in [0.25, 0.3) is 0 Å². The monoisotopic (exact) mass is 124 g/mol. The van der Waals surface area contributed by atoms with Crippen molar-refractivity contribution in [3.63, 3.8) is 0 Å². The van der Waals surface area contributed by atoms with Gasteiger partial charge in [0, 0.05) is 0 Å². The Morgan fingerprint density at radius 3 is 2.57 bits per heavy atom. The average Bonchev–Trinajstić information content (AvgIpc) is 1.68. The molecule has 0 aliphatic heterocycles.